The average Bonchev–Trinajstić information content (AvgIpc) is 2.35. The Morgan fingerprint density at radius 2 is 1.88 bits per heavy atom. The van der Waals surface area contributed by atoms with E-state index in [4.69, 9.17) is 4.74 Å². The van der Waals surface area contributed by atoms with E-state index in [9.17, 15) is 4.79 Å². The first-order valence-electron chi connectivity index (χ1n) is 5.16. The summed E-state index contributed by atoms with van der Waals surface area (Å²) >= 11 is 1.86. The van der Waals surface area contributed by atoms with Crippen molar-refractivity contribution in [1.82, 2.24) is 0 Å². The molecule has 3 heteroatoms. The summed E-state index contributed by atoms with van der Waals surface area (Å²) in [6, 6.07) is 14.1. The molecule has 0 aromatic heterocycles. The molecule has 0 amide bonds. The van der Waals surface area contributed by atoms with Gasteiger partial charge in [-0.3, -0.25) is 0 Å². The Morgan fingerprint density at radius 3 is 2.59 bits per heavy atom. The Hall–Kier alpha value is -1.36. The van der Waals surface area contributed by atoms with Gasteiger partial charge in [0.15, 0.2) is 0 Å². The number of fused-ring (bicyclic) bond motifs is 1. The summed E-state index contributed by atoms with van der Waals surface area (Å²) in [4.78, 5) is 11.3. The predicted molar refractivity (Wildman–Crippen MR) is 76.9 cm³/mol. The number of carbonyl (C=O) groups is 1. The standard InChI is InChI=1S/C14H11IO2/c1-10(15)14(16)17-9-11-6-7-12-4-2-3-5-13(12)8-11/h2-8H,1,9H2. The fraction of sp³-hybridized carbons (Fsp3) is 0.0714. The van der Waals surface area contributed by atoms with E-state index >= 15 is 0 Å². The van der Waals surface area contributed by atoms with Crippen molar-refractivity contribution >= 4 is 39.3 Å². The van der Waals surface area contributed by atoms with Gasteiger partial charge in [-0.1, -0.05) is 43.0 Å². The van der Waals surface area contributed by atoms with E-state index in [1.54, 1.807) is 0 Å². The van der Waals surface area contributed by atoms with Crippen LogP contribution >= 0.6 is 22.6 Å². The van der Waals surface area contributed by atoms with Gasteiger partial charge in [-0.05, 0) is 45.0 Å². The van der Waals surface area contributed by atoms with Gasteiger partial charge in [-0.2, -0.15) is 0 Å². The van der Waals surface area contributed by atoms with Crippen LogP contribution < -0.4 is 0 Å². The highest BCUT2D eigenvalue weighted by Gasteiger charge is 2.05. The molecular formula is C14H11IO2. The predicted octanol–water partition coefficient (Wildman–Crippen LogP) is 3.83. The van der Waals surface area contributed by atoms with Crippen molar-refractivity contribution in [3.8, 4) is 0 Å². The number of benzene rings is 2. The lowest BCUT2D eigenvalue weighted by Gasteiger charge is -2.05. The highest BCUT2D eigenvalue weighted by molar-refractivity contribution is 14.1. The van der Waals surface area contributed by atoms with Crippen LogP contribution in [0.25, 0.3) is 10.8 Å². The van der Waals surface area contributed by atoms with Crippen molar-refractivity contribution in [3.05, 3.63) is 58.2 Å². The van der Waals surface area contributed by atoms with Crippen LogP contribution in [0.4, 0.5) is 0 Å². The number of halogens is 1. The van der Waals surface area contributed by atoms with Crippen LogP contribution in [0, 0.1) is 0 Å². The Balaban J connectivity index is 2.14. The maximum atomic E-state index is 11.3. The van der Waals surface area contributed by atoms with Crippen LogP contribution in [0.3, 0.4) is 0 Å². The molecule has 0 bridgehead atoms. The molecule has 0 atom stereocenters. The summed E-state index contributed by atoms with van der Waals surface area (Å²) in [6.07, 6.45) is 0. The van der Waals surface area contributed by atoms with E-state index < -0.39 is 0 Å². The summed E-state index contributed by atoms with van der Waals surface area (Å²) in [5, 5.41) is 2.33. The second-order valence-electron chi connectivity index (χ2n) is 3.66. The van der Waals surface area contributed by atoms with Crippen molar-refractivity contribution < 1.29 is 9.53 Å². The van der Waals surface area contributed by atoms with Crippen LogP contribution in [0.5, 0.6) is 0 Å². The molecule has 2 aromatic carbocycles. The van der Waals surface area contributed by atoms with Gasteiger partial charge in [0.05, 0.1) is 3.58 Å². The zero-order valence-corrected chi connectivity index (χ0v) is 11.3. The largest absolute Gasteiger partial charge is 0.457 e. The molecule has 0 radical (unpaired) electrons. The van der Waals surface area contributed by atoms with Crippen LogP contribution in [-0.4, -0.2) is 5.97 Å². The van der Waals surface area contributed by atoms with Crippen molar-refractivity contribution in [2.45, 2.75) is 6.61 Å². The lowest BCUT2D eigenvalue weighted by molar-refractivity contribution is -0.139. The number of carbonyl (C=O) groups excluding carboxylic acids is 1. The van der Waals surface area contributed by atoms with Gasteiger partial charge in [0.2, 0.25) is 0 Å². The summed E-state index contributed by atoms with van der Waals surface area (Å²) in [5.74, 6) is -0.362. The zero-order valence-electron chi connectivity index (χ0n) is 9.15. The monoisotopic (exact) mass is 338 g/mol. The fourth-order valence-corrected chi connectivity index (χ4v) is 1.71. The minimum Gasteiger partial charge on any atom is -0.457 e. The van der Waals surface area contributed by atoms with Gasteiger partial charge in [-0.15, -0.1) is 0 Å². The number of esters is 1. The number of rotatable bonds is 3. The van der Waals surface area contributed by atoms with Gasteiger partial charge >= 0.3 is 5.97 Å². The maximum Gasteiger partial charge on any atom is 0.344 e. The Morgan fingerprint density at radius 1 is 1.18 bits per heavy atom. The molecule has 0 saturated heterocycles. The molecule has 0 aliphatic carbocycles. The summed E-state index contributed by atoms with van der Waals surface area (Å²) in [7, 11) is 0. The minimum absolute atomic E-state index is 0.283. The van der Waals surface area contributed by atoms with E-state index in [1.165, 1.54) is 5.39 Å². The zero-order chi connectivity index (χ0) is 12.3. The molecule has 2 nitrogen and oxygen atoms in total. The van der Waals surface area contributed by atoms with Gasteiger partial charge in [0.25, 0.3) is 0 Å². The van der Waals surface area contributed by atoms with Crippen molar-refractivity contribution in [1.29, 1.82) is 0 Å². The molecule has 2 aromatic rings. The number of ether oxygens (including phenoxy) is 1. The van der Waals surface area contributed by atoms with Gasteiger partial charge in [-0.25, -0.2) is 4.79 Å². The first-order valence-corrected chi connectivity index (χ1v) is 6.24. The molecule has 0 fully saturated rings. The molecule has 0 N–H and O–H groups in total. The number of hydrogen-bond donors (Lipinski definition) is 0. The third kappa shape index (κ3) is 3.06. The highest BCUT2D eigenvalue weighted by atomic mass is 127. The third-order valence-corrected chi connectivity index (χ3v) is 2.85. The topological polar surface area (TPSA) is 26.3 Å². The lowest BCUT2D eigenvalue weighted by atomic mass is 10.1. The molecule has 17 heavy (non-hydrogen) atoms. The molecule has 86 valence electrons. The van der Waals surface area contributed by atoms with E-state index in [1.807, 2.05) is 59.0 Å². The average molecular weight is 338 g/mol. The van der Waals surface area contributed by atoms with Crippen LogP contribution in [0.2, 0.25) is 0 Å². The van der Waals surface area contributed by atoms with Gasteiger partial charge in [0.1, 0.15) is 6.61 Å². The third-order valence-electron chi connectivity index (χ3n) is 2.41. The summed E-state index contributed by atoms with van der Waals surface area (Å²) in [5.41, 5.74) is 0.981. The summed E-state index contributed by atoms with van der Waals surface area (Å²) in [6.45, 7) is 3.81. The van der Waals surface area contributed by atoms with Crippen molar-refractivity contribution in [3.63, 3.8) is 0 Å². The molecule has 2 rings (SSSR count). The Bertz CT molecular complexity index is 575. The van der Waals surface area contributed by atoms with Crippen LogP contribution in [-0.2, 0) is 16.1 Å². The SMILES string of the molecule is C=C(I)C(=O)OCc1ccc2ccccc2c1. The first kappa shape index (κ1) is 12.1. The van der Waals surface area contributed by atoms with Crippen LogP contribution in [0.15, 0.2) is 52.6 Å². The molecule has 0 aliphatic heterocycles. The molecular weight excluding hydrogens is 327 g/mol. The van der Waals surface area contributed by atoms with Crippen molar-refractivity contribution in [2.75, 3.05) is 0 Å². The highest BCUT2D eigenvalue weighted by Crippen LogP contribution is 2.16. The molecule has 0 unspecified atom stereocenters. The molecule has 0 aliphatic rings. The van der Waals surface area contributed by atoms with E-state index in [0.29, 0.717) is 3.58 Å². The van der Waals surface area contributed by atoms with Crippen LogP contribution in [0.1, 0.15) is 5.56 Å². The second kappa shape index (κ2) is 5.31. The smallest absolute Gasteiger partial charge is 0.344 e. The minimum atomic E-state index is -0.362. The quantitative estimate of drug-likeness (QED) is 0.483. The fourth-order valence-electron chi connectivity index (χ4n) is 1.56. The van der Waals surface area contributed by atoms with Crippen molar-refractivity contribution in [2.24, 2.45) is 0 Å². The molecule has 0 heterocycles. The molecule has 0 spiro atoms. The maximum absolute atomic E-state index is 11.3. The summed E-state index contributed by atoms with van der Waals surface area (Å²) < 4.78 is 5.48. The molecule has 0 saturated carbocycles. The Labute approximate surface area is 113 Å². The number of hydrogen-bond acceptors (Lipinski definition) is 2. The van der Waals surface area contributed by atoms with Gasteiger partial charge in [0, 0.05) is 0 Å². The van der Waals surface area contributed by atoms with E-state index in [2.05, 4.69) is 12.6 Å². The van der Waals surface area contributed by atoms with E-state index in [-0.39, 0.29) is 12.6 Å². The van der Waals surface area contributed by atoms with Gasteiger partial charge < -0.3 is 4.74 Å². The van der Waals surface area contributed by atoms with E-state index in [0.717, 1.165) is 10.9 Å². The Kier molecular flexibility index (Phi) is 3.78. The lowest BCUT2D eigenvalue weighted by Crippen LogP contribution is -2.03. The second-order valence-corrected chi connectivity index (χ2v) is 4.96. The first-order chi connectivity index (χ1) is 8.16. The normalized spacial score (nSPS) is 10.2.